The summed E-state index contributed by atoms with van der Waals surface area (Å²) in [4.78, 5) is 28.9. The van der Waals surface area contributed by atoms with Gasteiger partial charge in [0.05, 0.1) is 17.8 Å². The van der Waals surface area contributed by atoms with Crippen molar-refractivity contribution in [1.29, 1.82) is 0 Å². The second-order valence-electron chi connectivity index (χ2n) is 7.27. The van der Waals surface area contributed by atoms with Gasteiger partial charge in [0.25, 0.3) is 5.91 Å². The van der Waals surface area contributed by atoms with E-state index in [1.807, 2.05) is 6.92 Å². The number of amides is 1. The molecule has 4 aromatic rings. The number of ether oxygens (including phenoxy) is 1. The van der Waals surface area contributed by atoms with E-state index in [0.717, 1.165) is 5.56 Å². The Balaban J connectivity index is 1.67. The van der Waals surface area contributed by atoms with Crippen LogP contribution in [0.15, 0.2) is 72.8 Å². The molecule has 1 N–H and O–H groups in total. The van der Waals surface area contributed by atoms with Crippen LogP contribution in [0.1, 0.15) is 34.6 Å². The zero-order valence-corrected chi connectivity index (χ0v) is 17.7. The van der Waals surface area contributed by atoms with Gasteiger partial charge in [-0.25, -0.2) is 9.37 Å². The second-order valence-corrected chi connectivity index (χ2v) is 7.27. The van der Waals surface area contributed by atoms with E-state index in [1.54, 1.807) is 60.7 Å². The largest absolute Gasteiger partial charge is 0.493 e. The van der Waals surface area contributed by atoms with Gasteiger partial charge in [0, 0.05) is 33.8 Å². The quantitative estimate of drug-likeness (QED) is 0.389. The molecule has 32 heavy (non-hydrogen) atoms. The Hall–Kier alpha value is -4.06. The third-order valence-corrected chi connectivity index (χ3v) is 5.02. The van der Waals surface area contributed by atoms with Crippen molar-refractivity contribution in [2.24, 2.45) is 0 Å². The predicted molar refractivity (Wildman–Crippen MR) is 123 cm³/mol. The summed E-state index contributed by atoms with van der Waals surface area (Å²) in [6.45, 7) is 3.82. The fourth-order valence-electron chi connectivity index (χ4n) is 3.37. The van der Waals surface area contributed by atoms with Crippen molar-refractivity contribution in [2.45, 2.75) is 13.8 Å². The Morgan fingerprint density at radius 1 is 0.938 bits per heavy atom. The van der Waals surface area contributed by atoms with E-state index < -0.39 is 0 Å². The average Bonchev–Trinajstić information content (AvgIpc) is 2.79. The van der Waals surface area contributed by atoms with Crippen LogP contribution in [0.3, 0.4) is 0 Å². The number of Topliss-reactive ketones (excluding diaryl/α,β-unsaturated/α-hetero) is 1. The molecule has 0 fully saturated rings. The number of aromatic nitrogens is 1. The van der Waals surface area contributed by atoms with Gasteiger partial charge in [-0.3, -0.25) is 9.59 Å². The first-order valence-corrected chi connectivity index (χ1v) is 10.2. The standard InChI is InChI=1S/C26H21FN2O3/c1-3-32-25-15-24(18-4-9-20(27)10-5-18)29-23-13-8-19(14-22(23)25)26(31)28-21-11-6-17(7-12-21)16(2)30/h4-15H,3H2,1-2H3,(H,28,31). The van der Waals surface area contributed by atoms with Crippen molar-refractivity contribution in [3.05, 3.63) is 89.7 Å². The summed E-state index contributed by atoms with van der Waals surface area (Å²) in [6.07, 6.45) is 0. The minimum absolute atomic E-state index is 0.0339. The smallest absolute Gasteiger partial charge is 0.255 e. The third-order valence-electron chi connectivity index (χ3n) is 5.02. The first-order chi connectivity index (χ1) is 15.4. The lowest BCUT2D eigenvalue weighted by atomic mass is 10.1. The first-order valence-electron chi connectivity index (χ1n) is 10.2. The van der Waals surface area contributed by atoms with Gasteiger partial charge in [0.15, 0.2) is 5.78 Å². The Bertz CT molecular complexity index is 1300. The lowest BCUT2D eigenvalue weighted by Crippen LogP contribution is -2.12. The van der Waals surface area contributed by atoms with Crippen LogP contribution < -0.4 is 10.1 Å². The maximum atomic E-state index is 13.3. The average molecular weight is 428 g/mol. The van der Waals surface area contributed by atoms with Crippen LogP contribution in [-0.4, -0.2) is 23.3 Å². The van der Waals surface area contributed by atoms with Gasteiger partial charge >= 0.3 is 0 Å². The van der Waals surface area contributed by atoms with E-state index >= 15 is 0 Å². The first kappa shape index (κ1) is 21.2. The fourth-order valence-corrected chi connectivity index (χ4v) is 3.37. The summed E-state index contributed by atoms with van der Waals surface area (Å²) in [6, 6.07) is 19.8. The maximum absolute atomic E-state index is 13.3. The Morgan fingerprint density at radius 3 is 2.28 bits per heavy atom. The highest BCUT2D eigenvalue weighted by Gasteiger charge is 2.13. The predicted octanol–water partition coefficient (Wildman–Crippen LogP) is 5.89. The lowest BCUT2D eigenvalue weighted by molar-refractivity contribution is 0.101. The van der Waals surface area contributed by atoms with Crippen molar-refractivity contribution in [3.63, 3.8) is 0 Å². The van der Waals surface area contributed by atoms with Crippen LogP contribution in [0.2, 0.25) is 0 Å². The molecule has 6 heteroatoms. The number of fused-ring (bicyclic) bond motifs is 1. The summed E-state index contributed by atoms with van der Waals surface area (Å²) in [5.41, 5.74) is 3.71. The number of nitrogens with zero attached hydrogens (tertiary/aromatic N) is 1. The zero-order chi connectivity index (χ0) is 22.7. The molecule has 4 rings (SSSR count). The molecule has 0 radical (unpaired) electrons. The van der Waals surface area contributed by atoms with E-state index in [4.69, 9.17) is 4.74 Å². The molecule has 1 aromatic heterocycles. The Kier molecular flexibility index (Phi) is 5.94. The highest BCUT2D eigenvalue weighted by atomic mass is 19.1. The molecule has 0 atom stereocenters. The third kappa shape index (κ3) is 4.49. The topological polar surface area (TPSA) is 68.3 Å². The number of carbonyl (C=O) groups is 2. The molecule has 1 heterocycles. The molecule has 0 saturated heterocycles. The van der Waals surface area contributed by atoms with Gasteiger partial charge in [0.1, 0.15) is 11.6 Å². The second kappa shape index (κ2) is 8.98. The summed E-state index contributed by atoms with van der Waals surface area (Å²) in [5, 5.41) is 3.54. The number of pyridine rings is 1. The number of ketones is 1. The Morgan fingerprint density at radius 2 is 1.62 bits per heavy atom. The number of hydrogen-bond donors (Lipinski definition) is 1. The van der Waals surface area contributed by atoms with Gasteiger partial charge in [-0.1, -0.05) is 0 Å². The van der Waals surface area contributed by atoms with Crippen molar-refractivity contribution in [2.75, 3.05) is 11.9 Å². The summed E-state index contributed by atoms with van der Waals surface area (Å²) >= 11 is 0. The number of carbonyl (C=O) groups excluding carboxylic acids is 2. The highest BCUT2D eigenvalue weighted by molar-refractivity contribution is 6.07. The molecule has 5 nitrogen and oxygen atoms in total. The number of anilines is 1. The molecule has 0 aliphatic heterocycles. The highest BCUT2D eigenvalue weighted by Crippen LogP contribution is 2.31. The fraction of sp³-hybridized carbons (Fsp3) is 0.115. The van der Waals surface area contributed by atoms with Crippen LogP contribution >= 0.6 is 0 Å². The van der Waals surface area contributed by atoms with Crippen molar-refractivity contribution in [1.82, 2.24) is 4.98 Å². The van der Waals surface area contributed by atoms with Gasteiger partial charge in [-0.15, -0.1) is 0 Å². The van der Waals surface area contributed by atoms with E-state index in [0.29, 0.717) is 45.8 Å². The van der Waals surface area contributed by atoms with Gasteiger partial charge in [0.2, 0.25) is 0 Å². The molecule has 1 amide bonds. The van der Waals surface area contributed by atoms with E-state index in [2.05, 4.69) is 10.3 Å². The van der Waals surface area contributed by atoms with Crippen molar-refractivity contribution < 1.29 is 18.7 Å². The van der Waals surface area contributed by atoms with Gasteiger partial charge in [-0.05, 0) is 80.6 Å². The number of nitrogens with one attached hydrogen (secondary N) is 1. The van der Waals surface area contributed by atoms with E-state index in [1.165, 1.54) is 19.1 Å². The maximum Gasteiger partial charge on any atom is 0.255 e. The lowest BCUT2D eigenvalue weighted by Gasteiger charge is -2.12. The molecule has 160 valence electrons. The van der Waals surface area contributed by atoms with Crippen LogP contribution in [-0.2, 0) is 0 Å². The van der Waals surface area contributed by atoms with Crippen LogP contribution in [0.5, 0.6) is 5.75 Å². The summed E-state index contributed by atoms with van der Waals surface area (Å²) in [5.74, 6) is -0.0376. The normalized spacial score (nSPS) is 10.7. The number of hydrogen-bond acceptors (Lipinski definition) is 4. The zero-order valence-electron chi connectivity index (χ0n) is 17.7. The SMILES string of the molecule is CCOc1cc(-c2ccc(F)cc2)nc2ccc(C(=O)Nc3ccc(C(C)=O)cc3)cc12. The minimum atomic E-state index is -0.314. The summed E-state index contributed by atoms with van der Waals surface area (Å²) < 4.78 is 19.1. The molecular weight excluding hydrogens is 407 g/mol. The molecular formula is C26H21FN2O3. The molecule has 0 spiro atoms. The van der Waals surface area contributed by atoms with Crippen LogP contribution in [0.4, 0.5) is 10.1 Å². The van der Waals surface area contributed by atoms with E-state index in [-0.39, 0.29) is 17.5 Å². The molecule has 0 saturated carbocycles. The van der Waals surface area contributed by atoms with Gasteiger partial charge in [-0.2, -0.15) is 0 Å². The Labute approximate surface area is 184 Å². The van der Waals surface area contributed by atoms with Crippen LogP contribution in [0.25, 0.3) is 22.2 Å². The molecule has 0 aliphatic carbocycles. The van der Waals surface area contributed by atoms with E-state index in [9.17, 15) is 14.0 Å². The van der Waals surface area contributed by atoms with Gasteiger partial charge < -0.3 is 10.1 Å². The van der Waals surface area contributed by atoms with Crippen molar-refractivity contribution >= 4 is 28.3 Å². The molecule has 0 unspecified atom stereocenters. The number of halogens is 1. The molecule has 3 aromatic carbocycles. The summed E-state index contributed by atoms with van der Waals surface area (Å²) in [7, 11) is 0. The van der Waals surface area contributed by atoms with Crippen molar-refractivity contribution in [3.8, 4) is 17.0 Å². The molecule has 0 bridgehead atoms. The molecule has 0 aliphatic rings. The number of rotatable bonds is 6. The minimum Gasteiger partial charge on any atom is -0.493 e. The monoisotopic (exact) mass is 428 g/mol. The van der Waals surface area contributed by atoms with Crippen LogP contribution in [0, 0.1) is 5.82 Å². The number of benzene rings is 3.